The third kappa shape index (κ3) is 3.38. The van der Waals surface area contributed by atoms with Crippen LogP contribution in [0.2, 0.25) is 0 Å². The molecule has 0 aliphatic carbocycles. The Hall–Kier alpha value is -2.39. The topological polar surface area (TPSA) is 73.1 Å². The number of nitrogens with one attached hydrogen (secondary N) is 1. The van der Waals surface area contributed by atoms with Crippen molar-refractivity contribution in [2.45, 2.75) is 6.54 Å². The van der Waals surface area contributed by atoms with Crippen LogP contribution >= 0.6 is 15.9 Å². The van der Waals surface area contributed by atoms with Gasteiger partial charge < -0.3 is 10.4 Å². The van der Waals surface area contributed by atoms with E-state index in [1.807, 2.05) is 6.07 Å². The van der Waals surface area contributed by atoms with Crippen LogP contribution in [0.25, 0.3) is 0 Å². The first-order chi connectivity index (χ1) is 10.0. The van der Waals surface area contributed by atoms with Gasteiger partial charge in [-0.2, -0.15) is 5.26 Å². The fourth-order valence-corrected chi connectivity index (χ4v) is 2.22. The Bertz CT molecular complexity index is 741. The maximum Gasteiger partial charge on any atom is 0.335 e. The van der Waals surface area contributed by atoms with Crippen molar-refractivity contribution in [2.75, 3.05) is 5.32 Å². The standard InChI is InChI=1S/C15H10BrFN2O2/c16-13-11(7-18)4-5-12(14(13)17)19-8-9-2-1-3-10(6-9)15(20)21/h1-6,19H,8H2,(H,20,21). The Kier molecular flexibility index (Phi) is 4.55. The molecular formula is C15H10BrFN2O2. The van der Waals surface area contributed by atoms with Crippen molar-refractivity contribution in [3.05, 3.63) is 63.4 Å². The molecule has 0 unspecified atom stereocenters. The van der Waals surface area contributed by atoms with Gasteiger partial charge in [0.15, 0.2) is 5.82 Å². The fourth-order valence-electron chi connectivity index (χ4n) is 1.78. The Morgan fingerprint density at radius 1 is 1.38 bits per heavy atom. The van der Waals surface area contributed by atoms with Crippen molar-refractivity contribution in [1.29, 1.82) is 5.26 Å². The molecule has 0 saturated heterocycles. The van der Waals surface area contributed by atoms with E-state index in [0.717, 1.165) is 5.56 Å². The first-order valence-corrected chi connectivity index (χ1v) is 6.76. The molecule has 0 radical (unpaired) electrons. The van der Waals surface area contributed by atoms with Gasteiger partial charge in [-0.3, -0.25) is 0 Å². The lowest BCUT2D eigenvalue weighted by atomic mass is 10.1. The van der Waals surface area contributed by atoms with E-state index in [1.165, 1.54) is 24.3 Å². The molecule has 2 aromatic rings. The van der Waals surface area contributed by atoms with Crippen molar-refractivity contribution < 1.29 is 14.3 Å². The second-order valence-electron chi connectivity index (χ2n) is 4.26. The van der Waals surface area contributed by atoms with Crippen LogP contribution in [-0.4, -0.2) is 11.1 Å². The lowest BCUT2D eigenvalue weighted by Crippen LogP contribution is -2.04. The summed E-state index contributed by atoms with van der Waals surface area (Å²) in [7, 11) is 0. The highest BCUT2D eigenvalue weighted by atomic mass is 79.9. The van der Waals surface area contributed by atoms with E-state index in [2.05, 4.69) is 21.2 Å². The van der Waals surface area contributed by atoms with Crippen molar-refractivity contribution in [3.63, 3.8) is 0 Å². The molecule has 0 spiro atoms. The Morgan fingerprint density at radius 3 is 2.81 bits per heavy atom. The molecule has 2 N–H and O–H groups in total. The zero-order valence-electron chi connectivity index (χ0n) is 10.7. The molecule has 0 aliphatic heterocycles. The quantitative estimate of drug-likeness (QED) is 0.881. The monoisotopic (exact) mass is 348 g/mol. The lowest BCUT2D eigenvalue weighted by molar-refractivity contribution is 0.0697. The van der Waals surface area contributed by atoms with Crippen LogP contribution in [0.4, 0.5) is 10.1 Å². The van der Waals surface area contributed by atoms with E-state index in [4.69, 9.17) is 10.4 Å². The molecule has 0 amide bonds. The zero-order valence-corrected chi connectivity index (χ0v) is 12.3. The Labute approximate surface area is 129 Å². The largest absolute Gasteiger partial charge is 0.478 e. The van der Waals surface area contributed by atoms with Gasteiger partial charge in [0.1, 0.15) is 6.07 Å². The summed E-state index contributed by atoms with van der Waals surface area (Å²) in [4.78, 5) is 10.9. The molecule has 0 heterocycles. The molecule has 0 fully saturated rings. The highest BCUT2D eigenvalue weighted by Gasteiger charge is 2.11. The van der Waals surface area contributed by atoms with Crippen molar-refractivity contribution >= 4 is 27.6 Å². The van der Waals surface area contributed by atoms with Crippen molar-refractivity contribution in [3.8, 4) is 6.07 Å². The number of carboxylic acids is 1. The van der Waals surface area contributed by atoms with E-state index >= 15 is 0 Å². The maximum atomic E-state index is 14.0. The van der Waals surface area contributed by atoms with Gasteiger partial charge in [0, 0.05) is 6.54 Å². The van der Waals surface area contributed by atoms with Gasteiger partial charge in [0.2, 0.25) is 0 Å². The van der Waals surface area contributed by atoms with E-state index in [1.54, 1.807) is 12.1 Å². The molecule has 0 bridgehead atoms. The smallest absolute Gasteiger partial charge is 0.335 e. The number of rotatable bonds is 4. The summed E-state index contributed by atoms with van der Waals surface area (Å²) in [5.41, 5.74) is 1.35. The third-order valence-corrected chi connectivity index (χ3v) is 3.63. The average molecular weight is 349 g/mol. The van der Waals surface area contributed by atoms with Crippen LogP contribution < -0.4 is 5.32 Å². The number of carbonyl (C=O) groups is 1. The van der Waals surface area contributed by atoms with Crippen molar-refractivity contribution in [2.24, 2.45) is 0 Å². The van der Waals surface area contributed by atoms with Gasteiger partial charge in [0.05, 0.1) is 21.3 Å². The highest BCUT2D eigenvalue weighted by Crippen LogP contribution is 2.26. The van der Waals surface area contributed by atoms with Crippen molar-refractivity contribution in [1.82, 2.24) is 0 Å². The van der Waals surface area contributed by atoms with Gasteiger partial charge in [0.25, 0.3) is 0 Å². The second kappa shape index (κ2) is 6.37. The lowest BCUT2D eigenvalue weighted by Gasteiger charge is -2.10. The number of anilines is 1. The van der Waals surface area contributed by atoms with Crippen LogP contribution in [0.3, 0.4) is 0 Å². The van der Waals surface area contributed by atoms with Gasteiger partial charge in [-0.15, -0.1) is 0 Å². The molecule has 0 aliphatic rings. The van der Waals surface area contributed by atoms with E-state index in [9.17, 15) is 9.18 Å². The van der Waals surface area contributed by atoms with E-state index < -0.39 is 11.8 Å². The Balaban J connectivity index is 2.17. The van der Waals surface area contributed by atoms with Crippen LogP contribution in [-0.2, 0) is 6.54 Å². The van der Waals surface area contributed by atoms with Crippen LogP contribution in [0, 0.1) is 17.1 Å². The minimum absolute atomic E-state index is 0.106. The van der Waals surface area contributed by atoms with Gasteiger partial charge in [-0.25, -0.2) is 9.18 Å². The number of aromatic carboxylic acids is 1. The minimum atomic E-state index is -1.01. The summed E-state index contributed by atoms with van der Waals surface area (Å²) in [5.74, 6) is -1.56. The summed E-state index contributed by atoms with van der Waals surface area (Å²) >= 11 is 3.03. The molecule has 0 aromatic heterocycles. The number of carboxylic acid groups (broad SMARTS) is 1. The number of nitriles is 1. The summed E-state index contributed by atoms with van der Waals surface area (Å²) in [6.45, 7) is 0.274. The number of hydrogen-bond donors (Lipinski definition) is 2. The van der Waals surface area contributed by atoms with Gasteiger partial charge in [-0.1, -0.05) is 12.1 Å². The normalized spacial score (nSPS) is 9.95. The highest BCUT2D eigenvalue weighted by molar-refractivity contribution is 9.10. The molecule has 0 saturated carbocycles. The molecule has 21 heavy (non-hydrogen) atoms. The van der Waals surface area contributed by atoms with E-state index in [-0.39, 0.29) is 27.8 Å². The van der Waals surface area contributed by atoms with E-state index in [0.29, 0.717) is 0 Å². The first kappa shape index (κ1) is 15.0. The van der Waals surface area contributed by atoms with Crippen LogP contribution in [0.15, 0.2) is 40.9 Å². The third-order valence-electron chi connectivity index (χ3n) is 2.86. The molecule has 0 atom stereocenters. The SMILES string of the molecule is N#Cc1ccc(NCc2cccc(C(=O)O)c2)c(F)c1Br. The maximum absolute atomic E-state index is 14.0. The molecule has 4 nitrogen and oxygen atoms in total. The average Bonchev–Trinajstić information content (AvgIpc) is 2.49. The predicted molar refractivity (Wildman–Crippen MR) is 79.5 cm³/mol. The van der Waals surface area contributed by atoms with Gasteiger partial charge >= 0.3 is 5.97 Å². The second-order valence-corrected chi connectivity index (χ2v) is 5.05. The summed E-state index contributed by atoms with van der Waals surface area (Å²) in [6, 6.07) is 11.2. The minimum Gasteiger partial charge on any atom is -0.478 e. The summed E-state index contributed by atoms with van der Waals surface area (Å²) < 4.78 is 14.1. The Morgan fingerprint density at radius 2 is 2.14 bits per heavy atom. The number of benzene rings is 2. The molecule has 2 rings (SSSR count). The van der Waals surface area contributed by atoms with Crippen LogP contribution in [0.5, 0.6) is 0 Å². The fraction of sp³-hybridized carbons (Fsp3) is 0.0667. The number of hydrogen-bond acceptors (Lipinski definition) is 3. The number of nitrogens with zero attached hydrogens (tertiary/aromatic N) is 1. The number of halogens is 2. The molecule has 6 heteroatoms. The predicted octanol–water partition coefficient (Wildman–Crippen LogP) is 3.77. The first-order valence-electron chi connectivity index (χ1n) is 5.97. The molecular weight excluding hydrogens is 339 g/mol. The molecule has 106 valence electrons. The zero-order chi connectivity index (χ0) is 15.4. The summed E-state index contributed by atoms with van der Waals surface area (Å²) in [6.07, 6.45) is 0. The molecule has 2 aromatic carbocycles. The van der Waals surface area contributed by atoms with Crippen LogP contribution in [0.1, 0.15) is 21.5 Å². The van der Waals surface area contributed by atoms with Gasteiger partial charge in [-0.05, 0) is 45.8 Å². The summed E-state index contributed by atoms with van der Waals surface area (Å²) in [5, 5.41) is 20.6.